The molecule has 0 N–H and O–H groups in total. The fourth-order valence-electron chi connectivity index (χ4n) is 3.69. The number of halogens is 1. The summed E-state index contributed by atoms with van der Waals surface area (Å²) < 4.78 is 24.7. The van der Waals surface area contributed by atoms with Crippen LogP contribution < -0.4 is 9.47 Å². The second-order valence-corrected chi connectivity index (χ2v) is 7.62. The van der Waals surface area contributed by atoms with E-state index in [4.69, 9.17) is 9.47 Å². The minimum absolute atomic E-state index is 0.205. The van der Waals surface area contributed by atoms with Crippen LogP contribution in [-0.2, 0) is 6.42 Å². The summed E-state index contributed by atoms with van der Waals surface area (Å²) in [5.41, 5.74) is 3.44. The average Bonchev–Trinajstić information content (AvgIpc) is 2.86. The summed E-state index contributed by atoms with van der Waals surface area (Å²) in [5, 5.41) is 0.482. The van der Waals surface area contributed by atoms with E-state index in [9.17, 15) is 9.18 Å². The summed E-state index contributed by atoms with van der Waals surface area (Å²) in [6.07, 6.45) is 3.96. The second kappa shape index (κ2) is 9.65. The van der Waals surface area contributed by atoms with E-state index in [-0.39, 0.29) is 5.91 Å². The van der Waals surface area contributed by atoms with E-state index in [0.717, 1.165) is 11.1 Å². The Labute approximate surface area is 191 Å². The van der Waals surface area contributed by atoms with Gasteiger partial charge in [-0.05, 0) is 60.5 Å². The summed E-state index contributed by atoms with van der Waals surface area (Å²) in [6.45, 7) is 0.470. The third-order valence-corrected chi connectivity index (χ3v) is 5.51. The van der Waals surface area contributed by atoms with Crippen LogP contribution in [-0.4, -0.2) is 48.6 Å². The van der Waals surface area contributed by atoms with E-state index in [0.29, 0.717) is 46.6 Å². The Kier molecular flexibility index (Phi) is 6.49. The van der Waals surface area contributed by atoms with Gasteiger partial charge >= 0.3 is 0 Å². The zero-order chi connectivity index (χ0) is 23.4. The number of hydrogen-bond donors (Lipinski definition) is 0. The van der Waals surface area contributed by atoms with Crippen molar-refractivity contribution in [2.24, 2.45) is 0 Å². The highest BCUT2D eigenvalue weighted by atomic mass is 19.1. The quantitative estimate of drug-likeness (QED) is 0.410. The van der Waals surface area contributed by atoms with E-state index in [2.05, 4.69) is 9.97 Å². The summed E-state index contributed by atoms with van der Waals surface area (Å²) in [7, 11) is 4.91. The SMILES string of the molecule is COc1ccc(CCN(C)C(=O)c2cc(-c3ccncc3)nc3ccc(F)cc23)cc1OC. The molecule has 0 spiro atoms. The molecule has 0 aliphatic rings. The molecule has 0 unspecified atom stereocenters. The van der Waals surface area contributed by atoms with Gasteiger partial charge < -0.3 is 14.4 Å². The molecule has 4 rings (SSSR count). The third kappa shape index (κ3) is 4.77. The van der Waals surface area contributed by atoms with Crippen LogP contribution in [0.4, 0.5) is 4.39 Å². The van der Waals surface area contributed by atoms with Crippen molar-refractivity contribution in [1.82, 2.24) is 14.9 Å². The molecule has 0 aliphatic carbocycles. The van der Waals surface area contributed by atoms with E-state index in [1.165, 1.54) is 12.1 Å². The van der Waals surface area contributed by atoms with Gasteiger partial charge in [0.25, 0.3) is 5.91 Å². The van der Waals surface area contributed by atoms with Crippen molar-refractivity contribution in [2.75, 3.05) is 27.8 Å². The predicted molar refractivity (Wildman–Crippen MR) is 125 cm³/mol. The Morgan fingerprint density at radius 2 is 1.73 bits per heavy atom. The lowest BCUT2D eigenvalue weighted by Crippen LogP contribution is -2.29. The van der Waals surface area contributed by atoms with E-state index >= 15 is 0 Å². The second-order valence-electron chi connectivity index (χ2n) is 7.62. The van der Waals surface area contributed by atoms with Gasteiger partial charge in [-0.3, -0.25) is 9.78 Å². The van der Waals surface area contributed by atoms with Crippen molar-refractivity contribution in [2.45, 2.75) is 6.42 Å². The summed E-state index contributed by atoms with van der Waals surface area (Å²) in [6, 6.07) is 15.3. The topological polar surface area (TPSA) is 64.5 Å². The number of carbonyl (C=O) groups excluding carboxylic acids is 1. The van der Waals surface area contributed by atoms with Crippen molar-refractivity contribution in [3.8, 4) is 22.8 Å². The Morgan fingerprint density at radius 1 is 0.970 bits per heavy atom. The average molecular weight is 445 g/mol. The van der Waals surface area contributed by atoms with Crippen LogP contribution in [0.1, 0.15) is 15.9 Å². The van der Waals surface area contributed by atoms with Crippen molar-refractivity contribution >= 4 is 16.8 Å². The maximum Gasteiger partial charge on any atom is 0.254 e. The molecular formula is C26H24FN3O3. The van der Waals surface area contributed by atoms with Crippen molar-refractivity contribution in [3.63, 3.8) is 0 Å². The molecule has 0 fully saturated rings. The molecule has 1 amide bonds. The maximum atomic E-state index is 14.0. The number of pyridine rings is 2. The standard InChI is InChI=1S/C26H24FN3O3/c1-30(13-10-17-4-7-24(32-2)25(14-17)33-3)26(31)21-16-23(18-8-11-28-12-9-18)29-22-6-5-19(27)15-20(21)22/h4-9,11-12,14-16H,10,13H2,1-3H3. The molecule has 2 aromatic carbocycles. The first-order valence-corrected chi connectivity index (χ1v) is 10.5. The van der Waals surface area contributed by atoms with E-state index in [1.54, 1.807) is 50.7 Å². The van der Waals surface area contributed by atoms with Gasteiger partial charge in [0.05, 0.1) is 31.0 Å². The van der Waals surface area contributed by atoms with Crippen LogP contribution >= 0.6 is 0 Å². The third-order valence-electron chi connectivity index (χ3n) is 5.51. The van der Waals surface area contributed by atoms with Crippen molar-refractivity contribution < 1.29 is 18.7 Å². The van der Waals surface area contributed by atoms with Gasteiger partial charge in [-0.2, -0.15) is 0 Å². The van der Waals surface area contributed by atoms with E-state index < -0.39 is 5.82 Å². The highest BCUT2D eigenvalue weighted by Gasteiger charge is 2.18. The number of rotatable bonds is 7. The molecule has 0 saturated heterocycles. The van der Waals surface area contributed by atoms with Crippen molar-refractivity contribution in [3.05, 3.63) is 83.9 Å². The normalized spacial score (nSPS) is 10.8. The molecule has 6 nitrogen and oxygen atoms in total. The van der Waals surface area contributed by atoms with Gasteiger partial charge in [0, 0.05) is 36.9 Å². The fraction of sp³-hybridized carbons (Fsp3) is 0.192. The first kappa shape index (κ1) is 22.2. The number of amides is 1. The van der Waals surface area contributed by atoms with Crippen LogP contribution in [0.15, 0.2) is 67.0 Å². The lowest BCUT2D eigenvalue weighted by molar-refractivity contribution is 0.0798. The first-order chi connectivity index (χ1) is 16.0. The minimum atomic E-state index is -0.414. The number of nitrogens with zero attached hydrogens (tertiary/aromatic N) is 3. The Morgan fingerprint density at radius 3 is 2.45 bits per heavy atom. The summed E-state index contributed by atoms with van der Waals surface area (Å²) >= 11 is 0. The van der Waals surface area contributed by atoms with Gasteiger partial charge in [-0.15, -0.1) is 0 Å². The zero-order valence-electron chi connectivity index (χ0n) is 18.7. The first-order valence-electron chi connectivity index (χ1n) is 10.5. The van der Waals surface area contributed by atoms with Gasteiger partial charge in [-0.25, -0.2) is 9.37 Å². The molecule has 2 heterocycles. The zero-order valence-corrected chi connectivity index (χ0v) is 18.7. The van der Waals surface area contributed by atoms with E-state index in [1.807, 2.05) is 30.3 Å². The smallest absolute Gasteiger partial charge is 0.254 e. The number of carbonyl (C=O) groups is 1. The number of ether oxygens (including phenoxy) is 2. The Balaban J connectivity index is 1.63. The van der Waals surface area contributed by atoms with Crippen LogP contribution in [0.2, 0.25) is 0 Å². The molecule has 7 heteroatoms. The minimum Gasteiger partial charge on any atom is -0.493 e. The molecule has 2 aromatic heterocycles. The van der Waals surface area contributed by atoms with Crippen LogP contribution in [0.5, 0.6) is 11.5 Å². The van der Waals surface area contributed by atoms with Crippen LogP contribution in [0.25, 0.3) is 22.2 Å². The molecule has 33 heavy (non-hydrogen) atoms. The number of hydrogen-bond acceptors (Lipinski definition) is 5. The number of fused-ring (bicyclic) bond motifs is 1. The molecule has 0 radical (unpaired) electrons. The van der Waals surface area contributed by atoms with Crippen molar-refractivity contribution in [1.29, 1.82) is 0 Å². The predicted octanol–water partition coefficient (Wildman–Crippen LogP) is 4.77. The monoisotopic (exact) mass is 445 g/mol. The van der Waals surface area contributed by atoms with Crippen LogP contribution in [0.3, 0.4) is 0 Å². The molecule has 0 atom stereocenters. The summed E-state index contributed by atoms with van der Waals surface area (Å²) in [4.78, 5) is 23.7. The molecule has 0 aliphatic heterocycles. The molecule has 168 valence electrons. The molecule has 0 saturated carbocycles. The number of methoxy groups -OCH3 is 2. The van der Waals surface area contributed by atoms with Gasteiger partial charge in [0.15, 0.2) is 11.5 Å². The van der Waals surface area contributed by atoms with Gasteiger partial charge in [-0.1, -0.05) is 6.07 Å². The lowest BCUT2D eigenvalue weighted by atomic mass is 10.0. The number of likely N-dealkylation sites (N-methyl/N-ethyl adjacent to an activating group) is 1. The lowest BCUT2D eigenvalue weighted by Gasteiger charge is -2.19. The summed E-state index contributed by atoms with van der Waals surface area (Å²) in [5.74, 6) is 0.674. The Bertz CT molecular complexity index is 1290. The highest BCUT2D eigenvalue weighted by Crippen LogP contribution is 2.28. The largest absolute Gasteiger partial charge is 0.493 e. The molecular weight excluding hydrogens is 421 g/mol. The molecule has 4 aromatic rings. The van der Waals surface area contributed by atoms with Gasteiger partial charge in [0.2, 0.25) is 0 Å². The van der Waals surface area contributed by atoms with Crippen LogP contribution in [0, 0.1) is 5.82 Å². The maximum absolute atomic E-state index is 14.0. The molecule has 0 bridgehead atoms. The number of benzene rings is 2. The number of aromatic nitrogens is 2. The Hall–Kier alpha value is -4.00. The van der Waals surface area contributed by atoms with Gasteiger partial charge in [0.1, 0.15) is 5.82 Å². The highest BCUT2D eigenvalue weighted by molar-refractivity contribution is 6.07. The fourth-order valence-corrected chi connectivity index (χ4v) is 3.69.